The fraction of sp³-hybridized carbons (Fsp3) is 0.292. The molecule has 0 unspecified atom stereocenters. The highest BCUT2D eigenvalue weighted by Crippen LogP contribution is 2.27. The van der Waals surface area contributed by atoms with Crippen LogP contribution in [0.3, 0.4) is 0 Å². The average molecular weight is 463 g/mol. The van der Waals surface area contributed by atoms with Crippen LogP contribution in [0.4, 0.5) is 0 Å². The Hall–Kier alpha value is -3.52. The van der Waals surface area contributed by atoms with Gasteiger partial charge in [0.25, 0.3) is 11.5 Å². The third-order valence-corrected chi connectivity index (χ3v) is 6.41. The Labute approximate surface area is 195 Å². The molecule has 1 amide bonds. The molecule has 3 heterocycles. The monoisotopic (exact) mass is 462 g/mol. The predicted octanol–water partition coefficient (Wildman–Crippen LogP) is 3.54. The molecule has 8 nitrogen and oxygen atoms in total. The average Bonchev–Trinajstić information content (AvgIpc) is 3.22. The number of carbonyl (C=O) groups excluding carboxylic acids is 1. The molecule has 33 heavy (non-hydrogen) atoms. The number of rotatable bonds is 4. The lowest BCUT2D eigenvalue weighted by Gasteiger charge is -2.31. The SMILES string of the molecule is Cc1cccc(Cn2nnc3c(=O)[nH]c(C4CCN(C(=O)c5ccccc5Cl)CC4)nc32)c1. The smallest absolute Gasteiger partial charge is 0.281 e. The van der Waals surface area contributed by atoms with Gasteiger partial charge in [-0.1, -0.05) is 58.8 Å². The summed E-state index contributed by atoms with van der Waals surface area (Å²) in [5.41, 5.74) is 3.15. The molecule has 5 rings (SSSR count). The van der Waals surface area contributed by atoms with Crippen molar-refractivity contribution in [2.24, 2.45) is 0 Å². The molecular formula is C24H23ClN6O2. The van der Waals surface area contributed by atoms with E-state index in [9.17, 15) is 9.59 Å². The quantitative estimate of drug-likeness (QED) is 0.500. The summed E-state index contributed by atoms with van der Waals surface area (Å²) >= 11 is 6.20. The molecular weight excluding hydrogens is 440 g/mol. The van der Waals surface area contributed by atoms with E-state index in [1.54, 1.807) is 21.7 Å². The molecule has 0 radical (unpaired) electrons. The van der Waals surface area contributed by atoms with E-state index in [4.69, 9.17) is 16.6 Å². The second-order valence-corrected chi connectivity index (χ2v) is 8.81. The molecule has 4 aromatic rings. The number of hydrogen-bond donors (Lipinski definition) is 1. The number of amides is 1. The van der Waals surface area contributed by atoms with Crippen molar-refractivity contribution < 1.29 is 4.79 Å². The number of aromatic amines is 1. The number of H-pyrrole nitrogens is 1. The summed E-state index contributed by atoms with van der Waals surface area (Å²) in [6.45, 7) is 3.65. The number of likely N-dealkylation sites (tertiary alicyclic amines) is 1. The van der Waals surface area contributed by atoms with Gasteiger partial charge in [-0.25, -0.2) is 9.67 Å². The largest absolute Gasteiger partial charge is 0.339 e. The van der Waals surface area contributed by atoms with Gasteiger partial charge in [0.2, 0.25) is 0 Å². The molecule has 2 aromatic heterocycles. The van der Waals surface area contributed by atoms with Gasteiger partial charge in [-0.2, -0.15) is 0 Å². The first kappa shape index (κ1) is 21.3. The minimum absolute atomic E-state index is 0.0414. The Morgan fingerprint density at radius 3 is 2.70 bits per heavy atom. The number of aromatic nitrogens is 5. The Kier molecular flexibility index (Phi) is 5.68. The lowest BCUT2D eigenvalue weighted by Crippen LogP contribution is -2.38. The maximum atomic E-state index is 12.8. The molecule has 2 aromatic carbocycles. The summed E-state index contributed by atoms with van der Waals surface area (Å²) in [6.07, 6.45) is 1.40. The molecule has 1 aliphatic rings. The zero-order valence-electron chi connectivity index (χ0n) is 18.2. The van der Waals surface area contributed by atoms with Crippen molar-refractivity contribution in [3.63, 3.8) is 0 Å². The summed E-state index contributed by atoms with van der Waals surface area (Å²) in [7, 11) is 0. The van der Waals surface area contributed by atoms with Crippen LogP contribution in [-0.4, -0.2) is 48.9 Å². The Morgan fingerprint density at radius 1 is 1.15 bits per heavy atom. The second kappa shape index (κ2) is 8.78. The molecule has 1 fully saturated rings. The minimum atomic E-state index is -0.292. The van der Waals surface area contributed by atoms with Crippen LogP contribution in [0.25, 0.3) is 11.2 Å². The van der Waals surface area contributed by atoms with Crippen molar-refractivity contribution >= 4 is 28.7 Å². The molecule has 168 valence electrons. The van der Waals surface area contributed by atoms with Gasteiger partial charge in [0.1, 0.15) is 5.82 Å². The summed E-state index contributed by atoms with van der Waals surface area (Å²) < 4.78 is 1.67. The van der Waals surface area contributed by atoms with Gasteiger partial charge >= 0.3 is 0 Å². The van der Waals surface area contributed by atoms with E-state index in [0.29, 0.717) is 54.5 Å². The van der Waals surface area contributed by atoms with Gasteiger partial charge in [0.15, 0.2) is 11.2 Å². The van der Waals surface area contributed by atoms with Gasteiger partial charge in [-0.15, -0.1) is 5.10 Å². The fourth-order valence-corrected chi connectivity index (χ4v) is 4.54. The zero-order chi connectivity index (χ0) is 22.9. The Morgan fingerprint density at radius 2 is 1.94 bits per heavy atom. The molecule has 0 spiro atoms. The number of carbonyl (C=O) groups is 1. The highest BCUT2D eigenvalue weighted by atomic mass is 35.5. The van der Waals surface area contributed by atoms with E-state index < -0.39 is 0 Å². The number of halogens is 1. The minimum Gasteiger partial charge on any atom is -0.339 e. The van der Waals surface area contributed by atoms with E-state index in [2.05, 4.69) is 21.4 Å². The molecule has 0 saturated carbocycles. The third kappa shape index (κ3) is 4.26. The normalized spacial score (nSPS) is 14.7. The van der Waals surface area contributed by atoms with Crippen LogP contribution in [0.5, 0.6) is 0 Å². The number of hydrogen-bond acceptors (Lipinski definition) is 5. The van der Waals surface area contributed by atoms with E-state index in [1.165, 1.54) is 0 Å². The first-order chi connectivity index (χ1) is 16.0. The van der Waals surface area contributed by atoms with E-state index >= 15 is 0 Å². The van der Waals surface area contributed by atoms with Crippen molar-refractivity contribution in [1.82, 2.24) is 29.9 Å². The predicted molar refractivity (Wildman–Crippen MR) is 126 cm³/mol. The van der Waals surface area contributed by atoms with Crippen LogP contribution in [0.2, 0.25) is 5.02 Å². The molecule has 0 atom stereocenters. The number of aryl methyl sites for hydroxylation is 1. The molecule has 1 N–H and O–H groups in total. The second-order valence-electron chi connectivity index (χ2n) is 8.41. The molecule has 1 saturated heterocycles. The van der Waals surface area contributed by atoms with Gasteiger partial charge in [-0.05, 0) is 37.5 Å². The van der Waals surface area contributed by atoms with Crippen LogP contribution in [0, 0.1) is 6.92 Å². The summed E-state index contributed by atoms with van der Waals surface area (Å²) in [5.74, 6) is 0.584. The lowest BCUT2D eigenvalue weighted by molar-refractivity contribution is 0.0711. The number of nitrogens with one attached hydrogen (secondary N) is 1. The summed E-state index contributed by atoms with van der Waals surface area (Å²) in [5, 5.41) is 8.66. The van der Waals surface area contributed by atoms with Gasteiger partial charge in [0, 0.05) is 19.0 Å². The van der Waals surface area contributed by atoms with E-state index in [0.717, 1.165) is 11.1 Å². The van der Waals surface area contributed by atoms with Crippen molar-refractivity contribution in [3.8, 4) is 0 Å². The maximum absolute atomic E-state index is 12.8. The Balaban J connectivity index is 1.36. The zero-order valence-corrected chi connectivity index (χ0v) is 18.9. The van der Waals surface area contributed by atoms with Crippen molar-refractivity contribution in [2.75, 3.05) is 13.1 Å². The van der Waals surface area contributed by atoms with Crippen molar-refractivity contribution in [3.05, 3.63) is 86.4 Å². The maximum Gasteiger partial charge on any atom is 0.281 e. The molecule has 9 heteroatoms. The van der Waals surface area contributed by atoms with Crippen molar-refractivity contribution in [2.45, 2.75) is 32.2 Å². The van der Waals surface area contributed by atoms with E-state index in [1.807, 2.05) is 37.3 Å². The van der Waals surface area contributed by atoms with Gasteiger partial charge in [0.05, 0.1) is 17.1 Å². The summed E-state index contributed by atoms with van der Waals surface area (Å²) in [6, 6.07) is 15.2. The number of benzene rings is 2. The van der Waals surface area contributed by atoms with Crippen LogP contribution in [0.15, 0.2) is 53.3 Å². The van der Waals surface area contributed by atoms with Crippen LogP contribution >= 0.6 is 11.6 Å². The number of piperidine rings is 1. The standard InChI is InChI=1S/C24H23ClN6O2/c1-15-5-4-6-16(13-15)14-31-22-20(28-29-31)23(32)27-21(26-22)17-9-11-30(12-10-17)24(33)18-7-2-3-8-19(18)25/h2-8,13,17H,9-12,14H2,1H3,(H,26,27,32). The van der Waals surface area contributed by atoms with Gasteiger partial charge < -0.3 is 9.88 Å². The van der Waals surface area contributed by atoms with Crippen LogP contribution < -0.4 is 5.56 Å². The number of fused-ring (bicyclic) bond motifs is 1. The molecule has 0 bridgehead atoms. The lowest BCUT2D eigenvalue weighted by atomic mass is 9.95. The van der Waals surface area contributed by atoms with Crippen LogP contribution in [-0.2, 0) is 6.54 Å². The highest BCUT2D eigenvalue weighted by molar-refractivity contribution is 6.33. The first-order valence-electron chi connectivity index (χ1n) is 10.9. The summed E-state index contributed by atoms with van der Waals surface area (Å²) in [4.78, 5) is 34.9. The van der Waals surface area contributed by atoms with Gasteiger partial charge in [-0.3, -0.25) is 9.59 Å². The van der Waals surface area contributed by atoms with Crippen LogP contribution in [0.1, 0.15) is 46.1 Å². The first-order valence-corrected chi connectivity index (χ1v) is 11.3. The number of nitrogens with zero attached hydrogens (tertiary/aromatic N) is 5. The Bertz CT molecular complexity index is 1390. The topological polar surface area (TPSA) is 96.8 Å². The molecule has 1 aliphatic heterocycles. The van der Waals surface area contributed by atoms with E-state index in [-0.39, 0.29) is 22.9 Å². The fourth-order valence-electron chi connectivity index (χ4n) is 4.33. The van der Waals surface area contributed by atoms with Crippen molar-refractivity contribution in [1.29, 1.82) is 0 Å². The molecule has 0 aliphatic carbocycles. The highest BCUT2D eigenvalue weighted by Gasteiger charge is 2.27. The third-order valence-electron chi connectivity index (χ3n) is 6.08.